The summed E-state index contributed by atoms with van der Waals surface area (Å²) in [5.41, 5.74) is 4.10. The van der Waals surface area contributed by atoms with Crippen LogP contribution in [0, 0.1) is 6.92 Å². The smallest absolute Gasteiger partial charge is 0.264 e. The number of thiophene rings is 2. The van der Waals surface area contributed by atoms with Gasteiger partial charge in [-0.25, -0.2) is 0 Å². The van der Waals surface area contributed by atoms with Gasteiger partial charge in [-0.2, -0.15) is 0 Å². The lowest BCUT2D eigenvalue weighted by Gasteiger charge is -2.15. The molecule has 178 valence electrons. The van der Waals surface area contributed by atoms with E-state index in [0.717, 1.165) is 33.0 Å². The second-order valence-electron chi connectivity index (χ2n) is 8.16. The molecule has 6 nitrogen and oxygen atoms in total. The normalized spacial score (nSPS) is 11.5. The average molecular weight is 504 g/mol. The molecule has 0 bridgehead atoms. The lowest BCUT2D eigenvalue weighted by atomic mass is 10.1. The summed E-state index contributed by atoms with van der Waals surface area (Å²) >= 11 is 2.61. The molecule has 4 rings (SSSR count). The lowest BCUT2D eigenvalue weighted by Crippen LogP contribution is -2.25. The van der Waals surface area contributed by atoms with Crippen LogP contribution in [-0.4, -0.2) is 46.0 Å². The highest BCUT2D eigenvalue weighted by Gasteiger charge is 2.18. The van der Waals surface area contributed by atoms with Crippen molar-refractivity contribution >= 4 is 40.1 Å². The number of aromatic nitrogens is 1. The molecule has 3 aromatic heterocycles. The van der Waals surface area contributed by atoms with Crippen molar-refractivity contribution in [2.75, 3.05) is 13.6 Å². The number of rotatable bonds is 8. The molecular formula is C27H25N3O3S2. The van der Waals surface area contributed by atoms with Crippen molar-refractivity contribution < 1.29 is 14.7 Å². The quantitative estimate of drug-likeness (QED) is 0.242. The van der Waals surface area contributed by atoms with Crippen molar-refractivity contribution in [2.24, 2.45) is 4.99 Å². The van der Waals surface area contributed by atoms with Crippen molar-refractivity contribution in [1.82, 2.24) is 9.88 Å². The van der Waals surface area contributed by atoms with Crippen molar-refractivity contribution in [3.05, 3.63) is 92.7 Å². The van der Waals surface area contributed by atoms with Crippen molar-refractivity contribution in [3.63, 3.8) is 0 Å². The van der Waals surface area contributed by atoms with Gasteiger partial charge in [-0.05, 0) is 43.7 Å². The summed E-state index contributed by atoms with van der Waals surface area (Å²) in [5, 5.41) is 12.6. The van der Waals surface area contributed by atoms with Gasteiger partial charge in [0.05, 0.1) is 26.9 Å². The molecular weight excluding hydrogens is 478 g/mol. The zero-order valence-corrected chi connectivity index (χ0v) is 21.3. The summed E-state index contributed by atoms with van der Waals surface area (Å²) in [6.45, 7) is 4.13. The van der Waals surface area contributed by atoms with Crippen LogP contribution in [0.1, 0.15) is 43.1 Å². The van der Waals surface area contributed by atoms with E-state index in [9.17, 15) is 14.7 Å². The fourth-order valence-corrected chi connectivity index (χ4v) is 5.41. The minimum Gasteiger partial charge on any atom is -0.506 e. The molecule has 0 fully saturated rings. The second-order valence-corrected chi connectivity index (χ2v) is 10.1. The number of aromatic hydroxyl groups is 1. The van der Waals surface area contributed by atoms with Gasteiger partial charge in [0, 0.05) is 29.9 Å². The van der Waals surface area contributed by atoms with E-state index in [1.165, 1.54) is 11.3 Å². The number of aryl methyl sites for hydroxylation is 1. The fraction of sp³-hybridized carbons (Fsp3) is 0.185. The maximum absolute atomic E-state index is 12.8. The molecule has 0 spiro atoms. The van der Waals surface area contributed by atoms with Crippen LogP contribution in [0.5, 0.6) is 5.75 Å². The summed E-state index contributed by atoms with van der Waals surface area (Å²) in [6.07, 6.45) is 1.69. The Morgan fingerprint density at radius 1 is 1.06 bits per heavy atom. The third-order valence-electron chi connectivity index (χ3n) is 5.49. The highest BCUT2D eigenvalue weighted by Crippen LogP contribution is 2.38. The van der Waals surface area contributed by atoms with Crippen LogP contribution < -0.4 is 0 Å². The molecule has 0 aliphatic rings. The average Bonchev–Trinajstić information content (AvgIpc) is 3.50. The number of hydrogen-bond donors (Lipinski definition) is 1. The predicted octanol–water partition coefficient (Wildman–Crippen LogP) is 5.85. The summed E-state index contributed by atoms with van der Waals surface area (Å²) in [7, 11) is 1.71. The molecule has 8 heteroatoms. The molecule has 0 aliphatic heterocycles. The Kier molecular flexibility index (Phi) is 7.53. The van der Waals surface area contributed by atoms with Crippen LogP contribution in [0.15, 0.2) is 71.2 Å². The first kappa shape index (κ1) is 24.5. The van der Waals surface area contributed by atoms with E-state index in [1.54, 1.807) is 37.2 Å². The molecule has 0 aliphatic carbocycles. The van der Waals surface area contributed by atoms with Gasteiger partial charge in [-0.1, -0.05) is 35.9 Å². The monoisotopic (exact) mass is 503 g/mol. The predicted molar refractivity (Wildman–Crippen MR) is 142 cm³/mol. The Balaban J connectivity index is 1.41. The number of carbonyl (C=O) groups is 2. The number of amides is 1. The first-order valence-electron chi connectivity index (χ1n) is 11.0. The van der Waals surface area contributed by atoms with E-state index in [4.69, 9.17) is 0 Å². The Hall–Kier alpha value is -3.62. The van der Waals surface area contributed by atoms with Crippen molar-refractivity contribution in [3.8, 4) is 16.2 Å². The van der Waals surface area contributed by atoms with Gasteiger partial charge in [0.15, 0.2) is 5.78 Å². The standard InChI is InChI=1S/C27H25N3O3S2/c1-17-7-9-19(10-8-17)26-25(32)21(16-34-26)18(2)29-14-22(31)23-11-12-24(35-23)27(33)30(3)15-20-6-4-5-13-28-20/h4-13,16,32H,14-15H2,1-3H3. The Morgan fingerprint density at radius 3 is 2.51 bits per heavy atom. The van der Waals surface area contributed by atoms with Gasteiger partial charge in [0.2, 0.25) is 0 Å². The van der Waals surface area contributed by atoms with Crippen molar-refractivity contribution in [1.29, 1.82) is 0 Å². The third kappa shape index (κ3) is 5.72. The van der Waals surface area contributed by atoms with E-state index >= 15 is 0 Å². The number of ketones is 1. The molecule has 0 saturated carbocycles. The van der Waals surface area contributed by atoms with Crippen molar-refractivity contribution in [2.45, 2.75) is 20.4 Å². The third-order valence-corrected chi connectivity index (χ3v) is 7.62. The molecule has 3 heterocycles. The molecule has 4 aromatic rings. The van der Waals surface area contributed by atoms with Gasteiger partial charge in [0.25, 0.3) is 5.91 Å². The molecule has 0 saturated heterocycles. The molecule has 35 heavy (non-hydrogen) atoms. The number of Topliss-reactive ketones (excluding diaryl/α,β-unsaturated/α-hetero) is 1. The molecule has 1 amide bonds. The minimum absolute atomic E-state index is 0.0566. The zero-order valence-electron chi connectivity index (χ0n) is 19.7. The van der Waals surface area contributed by atoms with Crippen LogP contribution in [-0.2, 0) is 6.54 Å². The first-order valence-corrected chi connectivity index (χ1v) is 12.7. The SMILES string of the molecule is CC(=NCC(=O)c1ccc(C(=O)N(C)Cc2ccccn2)s1)c1csc(-c2ccc(C)cc2)c1O. The number of carbonyl (C=O) groups excluding carboxylic acids is 2. The van der Waals surface area contributed by atoms with Gasteiger partial charge in [-0.15, -0.1) is 22.7 Å². The maximum Gasteiger partial charge on any atom is 0.264 e. The summed E-state index contributed by atoms with van der Waals surface area (Å²) in [4.78, 5) is 37.5. The summed E-state index contributed by atoms with van der Waals surface area (Å²) in [5.74, 6) is -0.159. The van der Waals surface area contributed by atoms with E-state index in [1.807, 2.05) is 54.8 Å². The molecule has 0 radical (unpaired) electrons. The first-order chi connectivity index (χ1) is 16.8. The second kappa shape index (κ2) is 10.8. The number of nitrogens with zero attached hydrogens (tertiary/aromatic N) is 3. The van der Waals surface area contributed by atoms with Crippen LogP contribution >= 0.6 is 22.7 Å². The van der Waals surface area contributed by atoms with Gasteiger partial charge in [-0.3, -0.25) is 19.6 Å². The Labute approximate surface area is 212 Å². The minimum atomic E-state index is -0.172. The zero-order chi connectivity index (χ0) is 24.9. The van der Waals surface area contributed by atoms with E-state index in [-0.39, 0.29) is 24.0 Å². The number of hydrogen-bond acceptors (Lipinski definition) is 7. The largest absolute Gasteiger partial charge is 0.506 e. The topological polar surface area (TPSA) is 82.9 Å². The van der Waals surface area contributed by atoms with Crippen LogP contribution in [0.3, 0.4) is 0 Å². The highest BCUT2D eigenvalue weighted by molar-refractivity contribution is 7.16. The van der Waals surface area contributed by atoms with Crippen LogP contribution in [0.2, 0.25) is 0 Å². The molecule has 1 N–H and O–H groups in total. The van der Waals surface area contributed by atoms with Crippen LogP contribution in [0.25, 0.3) is 10.4 Å². The number of benzene rings is 1. The van der Waals surface area contributed by atoms with E-state index in [0.29, 0.717) is 27.6 Å². The van der Waals surface area contributed by atoms with Gasteiger partial charge < -0.3 is 10.0 Å². The molecule has 0 unspecified atom stereocenters. The highest BCUT2D eigenvalue weighted by atomic mass is 32.1. The van der Waals surface area contributed by atoms with Gasteiger partial charge >= 0.3 is 0 Å². The molecule has 0 atom stereocenters. The van der Waals surface area contributed by atoms with Gasteiger partial charge in [0.1, 0.15) is 12.3 Å². The maximum atomic E-state index is 12.8. The Morgan fingerprint density at radius 2 is 1.80 bits per heavy atom. The Bertz CT molecular complexity index is 1370. The van der Waals surface area contributed by atoms with Crippen LogP contribution in [0.4, 0.5) is 0 Å². The summed E-state index contributed by atoms with van der Waals surface area (Å²) < 4.78 is 0. The lowest BCUT2D eigenvalue weighted by molar-refractivity contribution is 0.0788. The summed E-state index contributed by atoms with van der Waals surface area (Å²) in [6, 6.07) is 16.9. The molecule has 1 aromatic carbocycles. The van der Waals surface area contributed by atoms with E-state index < -0.39 is 0 Å². The van der Waals surface area contributed by atoms with E-state index in [2.05, 4.69) is 9.98 Å². The fourth-order valence-electron chi connectivity index (χ4n) is 3.47. The number of aliphatic imine (C=N–C) groups is 1. The number of pyridine rings is 1.